The molecule has 0 saturated heterocycles. The average Bonchev–Trinajstić information content (AvgIpc) is 2.84. The van der Waals surface area contributed by atoms with Gasteiger partial charge < -0.3 is 14.7 Å². The quantitative estimate of drug-likeness (QED) is 0.552. The van der Waals surface area contributed by atoms with Gasteiger partial charge in [-0.05, 0) is 37.6 Å². The molecule has 0 fully saturated rings. The van der Waals surface area contributed by atoms with Gasteiger partial charge in [0.05, 0.1) is 27.4 Å². The zero-order valence-electron chi connectivity index (χ0n) is 15.3. The summed E-state index contributed by atoms with van der Waals surface area (Å²) in [6.45, 7) is 1.77. The molecule has 0 spiro atoms. The van der Waals surface area contributed by atoms with Crippen LogP contribution in [0.5, 0.6) is 5.75 Å². The van der Waals surface area contributed by atoms with Gasteiger partial charge in [0.1, 0.15) is 11.5 Å². The van der Waals surface area contributed by atoms with Crippen LogP contribution in [0, 0.1) is 0 Å². The van der Waals surface area contributed by atoms with Crippen LogP contribution in [-0.2, 0) is 15.2 Å². The number of nitrogens with zero attached hydrogens (tertiary/aromatic N) is 1. The molecule has 1 aliphatic rings. The number of carbonyl (C=O) groups excluding carboxylic acids is 2. The monoisotopic (exact) mass is 475 g/mol. The van der Waals surface area contributed by atoms with Crippen LogP contribution in [0.3, 0.4) is 0 Å². The summed E-state index contributed by atoms with van der Waals surface area (Å²) in [5.74, 6) is -0.463. The van der Waals surface area contributed by atoms with Crippen molar-refractivity contribution in [1.29, 1.82) is 0 Å². The number of amides is 1. The molecule has 0 bridgehead atoms. The highest BCUT2D eigenvalue weighted by atomic mass is 35.5. The van der Waals surface area contributed by atoms with E-state index < -0.39 is 11.5 Å². The highest BCUT2D eigenvalue weighted by molar-refractivity contribution is 6.44. The molecular weight excluding hydrogens is 460 g/mol. The van der Waals surface area contributed by atoms with Crippen LogP contribution in [0.15, 0.2) is 30.3 Å². The fourth-order valence-corrected chi connectivity index (χ4v) is 4.20. The van der Waals surface area contributed by atoms with E-state index in [0.717, 1.165) is 0 Å². The minimum absolute atomic E-state index is 0.152. The predicted octanol–water partition coefficient (Wildman–Crippen LogP) is 5.28. The predicted molar refractivity (Wildman–Crippen MR) is 115 cm³/mol. The Hall–Kier alpha value is -1.50. The van der Waals surface area contributed by atoms with E-state index in [4.69, 9.17) is 51.1 Å². The third-order valence-electron chi connectivity index (χ3n) is 4.57. The molecule has 2 aromatic rings. The largest absolute Gasteiger partial charge is 0.492 e. The van der Waals surface area contributed by atoms with Gasteiger partial charge in [-0.25, -0.2) is 0 Å². The van der Waals surface area contributed by atoms with Crippen molar-refractivity contribution in [3.63, 3.8) is 0 Å². The number of anilines is 1. The highest BCUT2D eigenvalue weighted by Gasteiger charge is 2.51. The molecule has 154 valence electrons. The lowest BCUT2D eigenvalue weighted by molar-refractivity contribution is -0.141. The minimum Gasteiger partial charge on any atom is -0.492 e. The second-order valence-corrected chi connectivity index (χ2v) is 8.36. The number of rotatable bonds is 7. The maximum atomic E-state index is 13.0. The summed E-state index contributed by atoms with van der Waals surface area (Å²) >= 11 is 24.4. The van der Waals surface area contributed by atoms with Gasteiger partial charge in [-0.3, -0.25) is 9.59 Å². The number of hydrogen-bond donors (Lipinski definition) is 1. The second kappa shape index (κ2) is 8.70. The van der Waals surface area contributed by atoms with Crippen LogP contribution in [0.25, 0.3) is 0 Å². The maximum Gasteiger partial charge on any atom is 0.264 e. The first-order valence-electron chi connectivity index (χ1n) is 8.75. The fourth-order valence-electron chi connectivity index (χ4n) is 3.32. The van der Waals surface area contributed by atoms with Crippen LogP contribution >= 0.6 is 46.4 Å². The van der Waals surface area contributed by atoms with Gasteiger partial charge in [-0.1, -0.05) is 52.5 Å². The number of benzene rings is 2. The van der Waals surface area contributed by atoms with E-state index in [2.05, 4.69) is 0 Å². The summed E-state index contributed by atoms with van der Waals surface area (Å²) in [6.07, 6.45) is 0.0767. The Morgan fingerprint density at radius 3 is 2.52 bits per heavy atom. The van der Waals surface area contributed by atoms with Crippen LogP contribution in [0.2, 0.25) is 20.1 Å². The number of halogens is 4. The topological polar surface area (TPSA) is 66.8 Å². The molecule has 1 heterocycles. The molecule has 5 nitrogen and oxygen atoms in total. The van der Waals surface area contributed by atoms with Crippen LogP contribution in [0.1, 0.15) is 25.3 Å². The molecule has 1 amide bonds. The SMILES string of the molecule is CC(=O)CC1(O)C(=O)N(CCCOc2ccc(Cl)cc2Cl)c2c1ccc(Cl)c2Cl. The Kier molecular flexibility index (Phi) is 6.66. The number of ketones is 1. The molecule has 1 N–H and O–H groups in total. The number of hydrogen-bond acceptors (Lipinski definition) is 4. The van der Waals surface area contributed by atoms with Crippen LogP contribution < -0.4 is 9.64 Å². The first-order chi connectivity index (χ1) is 13.6. The molecule has 1 unspecified atom stereocenters. The molecule has 0 aromatic heterocycles. The van der Waals surface area contributed by atoms with E-state index in [1.807, 2.05) is 0 Å². The van der Waals surface area contributed by atoms with E-state index >= 15 is 0 Å². The van der Waals surface area contributed by atoms with Crippen molar-refractivity contribution >= 4 is 63.8 Å². The Balaban J connectivity index is 1.78. The first-order valence-corrected chi connectivity index (χ1v) is 10.3. The normalized spacial score (nSPS) is 18.1. The summed E-state index contributed by atoms with van der Waals surface area (Å²) in [4.78, 5) is 26.0. The molecule has 1 atom stereocenters. The molecule has 0 radical (unpaired) electrons. The van der Waals surface area contributed by atoms with Gasteiger partial charge in [0.25, 0.3) is 5.91 Å². The fraction of sp³-hybridized carbons (Fsp3) is 0.300. The highest BCUT2D eigenvalue weighted by Crippen LogP contribution is 2.48. The van der Waals surface area contributed by atoms with E-state index in [1.54, 1.807) is 18.2 Å². The van der Waals surface area contributed by atoms with E-state index in [-0.39, 0.29) is 41.0 Å². The Bertz CT molecular complexity index is 981. The van der Waals surface area contributed by atoms with Crippen molar-refractivity contribution in [3.8, 4) is 5.75 Å². The van der Waals surface area contributed by atoms with Gasteiger partial charge in [-0.15, -0.1) is 0 Å². The van der Waals surface area contributed by atoms with Gasteiger partial charge in [0, 0.05) is 23.6 Å². The molecule has 1 aliphatic heterocycles. The van der Waals surface area contributed by atoms with Gasteiger partial charge in [-0.2, -0.15) is 0 Å². The number of Topliss-reactive ketones (excluding diaryl/α,β-unsaturated/α-hetero) is 1. The summed E-state index contributed by atoms with van der Waals surface area (Å²) in [5, 5.41) is 12.3. The Morgan fingerprint density at radius 2 is 1.86 bits per heavy atom. The summed E-state index contributed by atoms with van der Waals surface area (Å²) < 4.78 is 5.64. The average molecular weight is 477 g/mol. The lowest BCUT2D eigenvalue weighted by Gasteiger charge is -2.22. The lowest BCUT2D eigenvalue weighted by atomic mass is 9.90. The molecule has 0 saturated carbocycles. The third kappa shape index (κ3) is 4.35. The van der Waals surface area contributed by atoms with Crippen molar-refractivity contribution in [3.05, 3.63) is 56.0 Å². The van der Waals surface area contributed by atoms with Gasteiger partial charge >= 0.3 is 0 Å². The molecule has 29 heavy (non-hydrogen) atoms. The van der Waals surface area contributed by atoms with E-state index in [1.165, 1.54) is 24.0 Å². The van der Waals surface area contributed by atoms with Crippen molar-refractivity contribution in [2.75, 3.05) is 18.1 Å². The first kappa shape index (κ1) is 22.2. The summed E-state index contributed by atoms with van der Waals surface area (Å²) in [5.41, 5.74) is -1.37. The zero-order chi connectivity index (χ0) is 21.3. The molecule has 2 aromatic carbocycles. The summed E-state index contributed by atoms with van der Waals surface area (Å²) in [7, 11) is 0. The van der Waals surface area contributed by atoms with Gasteiger partial charge in [0.2, 0.25) is 0 Å². The van der Waals surface area contributed by atoms with Crippen molar-refractivity contribution < 1.29 is 19.4 Å². The van der Waals surface area contributed by atoms with Crippen LogP contribution in [0.4, 0.5) is 5.69 Å². The maximum absolute atomic E-state index is 13.0. The third-order valence-corrected chi connectivity index (χ3v) is 5.89. The lowest BCUT2D eigenvalue weighted by Crippen LogP contribution is -2.42. The number of ether oxygens (including phenoxy) is 1. The molecular formula is C20H17Cl4NO4. The molecule has 9 heteroatoms. The number of aliphatic hydroxyl groups is 1. The Morgan fingerprint density at radius 1 is 1.14 bits per heavy atom. The summed E-state index contributed by atoms with van der Waals surface area (Å²) in [6, 6.07) is 7.91. The Labute approximate surface area is 188 Å². The number of carbonyl (C=O) groups is 2. The van der Waals surface area contributed by atoms with E-state index in [0.29, 0.717) is 27.9 Å². The van der Waals surface area contributed by atoms with E-state index in [9.17, 15) is 14.7 Å². The van der Waals surface area contributed by atoms with Crippen LogP contribution in [-0.4, -0.2) is 29.9 Å². The second-order valence-electron chi connectivity index (χ2n) is 6.73. The molecule has 0 aliphatic carbocycles. The van der Waals surface area contributed by atoms with Crippen molar-refractivity contribution in [1.82, 2.24) is 0 Å². The molecule has 3 rings (SSSR count). The van der Waals surface area contributed by atoms with Gasteiger partial charge in [0.15, 0.2) is 5.60 Å². The standard InChI is InChI=1S/C20H17Cl4NO4/c1-11(26)10-20(28)13-4-5-14(22)17(24)18(13)25(19(20)27)7-2-8-29-16-6-3-12(21)9-15(16)23/h3-6,9,28H,2,7-8,10H2,1H3. The van der Waals surface area contributed by atoms with Crippen molar-refractivity contribution in [2.45, 2.75) is 25.4 Å². The zero-order valence-corrected chi connectivity index (χ0v) is 18.4. The smallest absolute Gasteiger partial charge is 0.264 e. The number of fused-ring (bicyclic) bond motifs is 1. The van der Waals surface area contributed by atoms with Crippen molar-refractivity contribution in [2.24, 2.45) is 0 Å². The minimum atomic E-state index is -1.96.